The first-order valence-electron chi connectivity index (χ1n) is 10.3. The van der Waals surface area contributed by atoms with Gasteiger partial charge in [-0.05, 0) is 0 Å². The van der Waals surface area contributed by atoms with Crippen LogP contribution >= 0.6 is 8.17 Å². The van der Waals surface area contributed by atoms with Crippen molar-refractivity contribution >= 4 is 20.0 Å². The third-order valence-electron chi connectivity index (χ3n) is 5.15. The van der Waals surface area contributed by atoms with Crippen LogP contribution in [0.3, 0.4) is 0 Å². The van der Waals surface area contributed by atoms with Crippen LogP contribution < -0.4 is 11.4 Å². The number of halogens is 2. The number of hydrogen-bond donors (Lipinski definition) is 2. The summed E-state index contributed by atoms with van der Waals surface area (Å²) in [6.45, 7) is 2.56. The van der Waals surface area contributed by atoms with Crippen molar-refractivity contribution in [3.05, 3.63) is 58.1 Å². The zero-order valence-electron chi connectivity index (χ0n) is 18.2. The molecular formula is C20H24F2N3O8P. The van der Waals surface area contributed by atoms with Crippen LogP contribution in [0, 0.1) is 0 Å². The van der Waals surface area contributed by atoms with E-state index in [9.17, 15) is 14.5 Å². The fraction of sp³-hybridized carbons (Fsp3) is 0.450. The number of esters is 1. The van der Waals surface area contributed by atoms with Crippen molar-refractivity contribution in [2.45, 2.75) is 50.9 Å². The van der Waals surface area contributed by atoms with Crippen LogP contribution in [0.15, 0.2) is 41.3 Å². The molecule has 14 heteroatoms. The quantitative estimate of drug-likeness (QED) is 0.443. The van der Waals surface area contributed by atoms with Crippen LogP contribution in [0.4, 0.5) is 14.6 Å². The van der Waals surface area contributed by atoms with Gasteiger partial charge in [0.1, 0.15) is 0 Å². The molecule has 1 aromatic heterocycles. The van der Waals surface area contributed by atoms with Crippen molar-refractivity contribution in [2.24, 2.45) is 0 Å². The standard InChI is InChI=1S/C20H24F2N3O8P/c1-11(2)31-17(26)13-6-4-3-5-12(13)9-29-34(28)30-10-14-16(33-34)20(21,22)18(32-14)25-8-7-15(23)24-19(25)27/h3-8,11,14,16,18,28,34H,9-10H2,1-2H3,(H2,23,24,27)/t14-,16-,18-/m1/s1. The molecule has 11 nitrogen and oxygen atoms in total. The van der Waals surface area contributed by atoms with E-state index in [0.717, 1.165) is 6.20 Å². The number of benzene rings is 1. The average Bonchev–Trinajstić information content (AvgIpc) is 3.02. The Morgan fingerprint density at radius 2 is 2.12 bits per heavy atom. The summed E-state index contributed by atoms with van der Waals surface area (Å²) in [6.07, 6.45) is -4.60. The van der Waals surface area contributed by atoms with E-state index in [1.807, 2.05) is 0 Å². The third kappa shape index (κ3) is 4.81. The maximum atomic E-state index is 15.2. The second kappa shape index (κ2) is 9.25. The molecule has 1 aromatic carbocycles. The van der Waals surface area contributed by atoms with Gasteiger partial charge in [-0.2, -0.15) is 0 Å². The zero-order valence-corrected chi connectivity index (χ0v) is 19.2. The van der Waals surface area contributed by atoms with Crippen LogP contribution in [0.5, 0.6) is 0 Å². The second-order valence-electron chi connectivity index (χ2n) is 8.02. The molecule has 186 valence electrons. The summed E-state index contributed by atoms with van der Waals surface area (Å²) in [5.74, 6) is -4.47. The molecule has 2 aliphatic rings. The fourth-order valence-electron chi connectivity index (χ4n) is 3.60. The van der Waals surface area contributed by atoms with Gasteiger partial charge in [-0.3, -0.25) is 0 Å². The SMILES string of the molecule is CC(C)OC(=O)c1ccccc1CO[PH]1(O)OC[C@H]2O[C@@H](n3ccc(N)nc3=O)C(F)(F)[C@@H]2O1. The fourth-order valence-corrected chi connectivity index (χ4v) is 5.16. The number of nitrogens with zero attached hydrogens (tertiary/aromatic N) is 2. The molecular weight excluding hydrogens is 479 g/mol. The number of carbonyl (C=O) groups excluding carboxylic acids is 1. The van der Waals surface area contributed by atoms with Gasteiger partial charge in [0, 0.05) is 0 Å². The molecule has 3 heterocycles. The van der Waals surface area contributed by atoms with Crippen LogP contribution in [0.2, 0.25) is 0 Å². The molecule has 0 saturated carbocycles. The Morgan fingerprint density at radius 1 is 1.38 bits per heavy atom. The Hall–Kier alpha value is -2.54. The van der Waals surface area contributed by atoms with Crippen LogP contribution in [0.25, 0.3) is 0 Å². The summed E-state index contributed by atoms with van der Waals surface area (Å²) in [5.41, 5.74) is 4.91. The molecule has 0 spiro atoms. The molecule has 0 bridgehead atoms. The van der Waals surface area contributed by atoms with E-state index in [1.165, 1.54) is 12.1 Å². The number of anilines is 1. The van der Waals surface area contributed by atoms with Crippen molar-refractivity contribution in [3.63, 3.8) is 0 Å². The number of aromatic nitrogens is 2. The van der Waals surface area contributed by atoms with Crippen molar-refractivity contribution in [2.75, 3.05) is 12.3 Å². The topological polar surface area (TPSA) is 144 Å². The first kappa shape index (κ1) is 24.6. The second-order valence-corrected chi connectivity index (χ2v) is 9.88. The van der Waals surface area contributed by atoms with Gasteiger partial charge >= 0.3 is 192 Å². The molecule has 0 amide bonds. The van der Waals surface area contributed by atoms with E-state index in [2.05, 4.69) is 4.98 Å². The molecule has 2 aliphatic heterocycles. The Bertz CT molecular complexity index is 1130. The molecule has 3 atom stereocenters. The van der Waals surface area contributed by atoms with Crippen molar-refractivity contribution in [1.82, 2.24) is 9.55 Å². The third-order valence-corrected chi connectivity index (χ3v) is 6.74. The van der Waals surface area contributed by atoms with E-state index < -0.39 is 50.8 Å². The molecule has 2 saturated heterocycles. The number of alkyl halides is 2. The first-order chi connectivity index (χ1) is 16.0. The van der Waals surface area contributed by atoms with Gasteiger partial charge in [0.25, 0.3) is 0 Å². The van der Waals surface area contributed by atoms with Crippen LogP contribution in [-0.2, 0) is 29.7 Å². The molecule has 0 aliphatic carbocycles. The summed E-state index contributed by atoms with van der Waals surface area (Å²) in [4.78, 5) is 38.5. The van der Waals surface area contributed by atoms with Crippen molar-refractivity contribution in [3.8, 4) is 0 Å². The molecule has 0 unspecified atom stereocenters. The van der Waals surface area contributed by atoms with E-state index in [4.69, 9.17) is 28.8 Å². The summed E-state index contributed by atoms with van der Waals surface area (Å²) >= 11 is 0. The summed E-state index contributed by atoms with van der Waals surface area (Å²) in [6, 6.07) is 7.50. The Morgan fingerprint density at radius 3 is 2.82 bits per heavy atom. The van der Waals surface area contributed by atoms with Crippen LogP contribution in [-0.4, -0.2) is 51.3 Å². The van der Waals surface area contributed by atoms with Gasteiger partial charge < -0.3 is 0 Å². The zero-order chi connectivity index (χ0) is 24.7. The number of rotatable bonds is 6. The predicted octanol–water partition coefficient (Wildman–Crippen LogP) is 1.96. The van der Waals surface area contributed by atoms with E-state index in [1.54, 1.807) is 32.0 Å². The van der Waals surface area contributed by atoms with E-state index >= 15 is 8.78 Å². The normalized spacial score (nSPS) is 26.1. The number of carbonyl (C=O) groups is 1. The van der Waals surface area contributed by atoms with Gasteiger partial charge in [-0.1, -0.05) is 0 Å². The minimum atomic E-state index is -4.57. The average molecular weight is 503 g/mol. The van der Waals surface area contributed by atoms with E-state index in [0.29, 0.717) is 10.1 Å². The molecule has 3 N–H and O–H groups in total. The first-order valence-corrected chi connectivity index (χ1v) is 12.0. The Kier molecular flexibility index (Phi) is 6.69. The van der Waals surface area contributed by atoms with E-state index in [-0.39, 0.29) is 24.1 Å². The summed E-state index contributed by atoms with van der Waals surface area (Å²) in [5, 5.41) is 0. The summed E-state index contributed by atoms with van der Waals surface area (Å²) in [7, 11) is -4.57. The predicted molar refractivity (Wildman–Crippen MR) is 115 cm³/mol. The number of ether oxygens (including phenoxy) is 2. The molecule has 2 fully saturated rings. The van der Waals surface area contributed by atoms with Gasteiger partial charge in [0.05, 0.1) is 0 Å². The molecule has 34 heavy (non-hydrogen) atoms. The van der Waals surface area contributed by atoms with Gasteiger partial charge in [0.2, 0.25) is 0 Å². The maximum absolute atomic E-state index is 15.2. The minimum absolute atomic E-state index is 0.132. The number of hydrogen-bond acceptors (Lipinski definition) is 10. The monoisotopic (exact) mass is 503 g/mol. The van der Waals surface area contributed by atoms with Gasteiger partial charge in [0.15, 0.2) is 0 Å². The van der Waals surface area contributed by atoms with Gasteiger partial charge in [-0.15, -0.1) is 0 Å². The van der Waals surface area contributed by atoms with Crippen molar-refractivity contribution in [1.29, 1.82) is 0 Å². The molecule has 4 rings (SSSR count). The van der Waals surface area contributed by atoms with Crippen LogP contribution in [0.1, 0.15) is 36.0 Å². The number of fused-ring (bicyclic) bond motifs is 1. The summed E-state index contributed by atoms with van der Waals surface area (Å²) < 4.78 is 57.3. The Labute approximate surface area is 193 Å². The Balaban J connectivity index is 1.49. The number of nitrogen functional groups attached to an aromatic ring is 1. The molecule has 0 radical (unpaired) electrons. The van der Waals surface area contributed by atoms with Gasteiger partial charge in [-0.25, -0.2) is 0 Å². The van der Waals surface area contributed by atoms with Crippen molar-refractivity contribution < 1.29 is 41.5 Å². The molecule has 2 aromatic rings. The number of nitrogens with two attached hydrogens (primary N) is 1.